The molecule has 126 valence electrons. The molecule has 8 nitrogen and oxygen atoms in total. The van der Waals surface area contributed by atoms with Crippen LogP contribution in [-0.2, 0) is 21.9 Å². The molecule has 0 spiro atoms. The fourth-order valence-corrected chi connectivity index (χ4v) is 3.49. The molecule has 1 fully saturated rings. The number of halogens is 1. The molecule has 0 bridgehead atoms. The van der Waals surface area contributed by atoms with Gasteiger partial charge in [-0.2, -0.15) is 0 Å². The summed E-state index contributed by atoms with van der Waals surface area (Å²) in [7, 11) is -2.10. The lowest BCUT2D eigenvalue weighted by atomic mass is 9.98. The van der Waals surface area contributed by atoms with E-state index in [-0.39, 0.29) is 35.4 Å². The Morgan fingerprint density at radius 2 is 2.09 bits per heavy atom. The van der Waals surface area contributed by atoms with Gasteiger partial charge in [-0.15, -0.1) is 12.4 Å². The average Bonchev–Trinajstić information content (AvgIpc) is 3.07. The molecule has 10 heteroatoms. The molecule has 0 saturated heterocycles. The Labute approximate surface area is 136 Å². The van der Waals surface area contributed by atoms with Gasteiger partial charge in [0.15, 0.2) is 5.03 Å². The van der Waals surface area contributed by atoms with Crippen LogP contribution < -0.4 is 15.8 Å². The maximum Gasteiger partial charge on any atom is 0.260 e. The smallest absolute Gasteiger partial charge is 0.260 e. The summed E-state index contributed by atoms with van der Waals surface area (Å²) in [6.45, 7) is 0.0480. The van der Waals surface area contributed by atoms with Gasteiger partial charge >= 0.3 is 0 Å². The van der Waals surface area contributed by atoms with Crippen LogP contribution in [0.5, 0.6) is 0 Å². The minimum absolute atomic E-state index is 0. The monoisotopic (exact) mass is 351 g/mol. The number of amides is 1. The van der Waals surface area contributed by atoms with Gasteiger partial charge in [0.05, 0.1) is 18.4 Å². The summed E-state index contributed by atoms with van der Waals surface area (Å²) in [5.74, 6) is -0.373. The van der Waals surface area contributed by atoms with Gasteiger partial charge in [0, 0.05) is 19.8 Å². The van der Waals surface area contributed by atoms with Gasteiger partial charge < -0.3 is 15.6 Å². The number of rotatable bonds is 6. The van der Waals surface area contributed by atoms with Crippen molar-refractivity contribution in [3.63, 3.8) is 0 Å². The van der Waals surface area contributed by atoms with Crippen molar-refractivity contribution in [2.45, 2.75) is 36.2 Å². The summed E-state index contributed by atoms with van der Waals surface area (Å²) in [4.78, 5) is 15.7. The van der Waals surface area contributed by atoms with Gasteiger partial charge in [0.25, 0.3) is 10.0 Å². The largest absolute Gasteiger partial charge is 0.348 e. The Morgan fingerprint density at radius 3 is 2.59 bits per heavy atom. The summed E-state index contributed by atoms with van der Waals surface area (Å²) in [6, 6.07) is 0. The molecule has 4 N–H and O–H groups in total. The van der Waals surface area contributed by atoms with Gasteiger partial charge in [-0.25, -0.2) is 18.1 Å². The lowest BCUT2D eigenvalue weighted by Gasteiger charge is -2.28. The Bertz CT molecular complexity index is 610. The first kappa shape index (κ1) is 18.9. The van der Waals surface area contributed by atoms with Crippen molar-refractivity contribution in [3.05, 3.63) is 12.5 Å². The fraction of sp³-hybridized carbons (Fsp3) is 0.667. The molecule has 22 heavy (non-hydrogen) atoms. The average molecular weight is 352 g/mol. The quantitative estimate of drug-likeness (QED) is 0.638. The summed E-state index contributed by atoms with van der Waals surface area (Å²) in [5.41, 5.74) is 5.35. The number of imidazole rings is 1. The standard InChI is InChI=1S/C12H21N5O3S.ClH/c1-17-7-11(14-9-17)21(19,20)15-6-10(18)16-12(8-13)4-2-3-5-12;/h7,9,15H,2-6,8,13H2,1H3,(H,16,18);1H. The molecule has 0 aromatic carbocycles. The molecule has 0 aliphatic heterocycles. The van der Waals surface area contributed by atoms with Crippen molar-refractivity contribution < 1.29 is 13.2 Å². The maximum atomic E-state index is 11.9. The van der Waals surface area contributed by atoms with Gasteiger partial charge in [-0.05, 0) is 12.8 Å². The molecule has 1 aliphatic carbocycles. The van der Waals surface area contributed by atoms with E-state index in [4.69, 9.17) is 5.73 Å². The van der Waals surface area contributed by atoms with Crippen LogP contribution in [0, 0.1) is 0 Å². The van der Waals surface area contributed by atoms with E-state index in [1.807, 2.05) is 0 Å². The van der Waals surface area contributed by atoms with Crippen LogP contribution in [0.1, 0.15) is 25.7 Å². The van der Waals surface area contributed by atoms with Crippen LogP contribution in [0.25, 0.3) is 0 Å². The van der Waals surface area contributed by atoms with Crippen LogP contribution >= 0.6 is 12.4 Å². The van der Waals surface area contributed by atoms with E-state index in [0.717, 1.165) is 25.7 Å². The lowest BCUT2D eigenvalue weighted by molar-refractivity contribution is -0.121. The third-order valence-corrected chi connectivity index (χ3v) is 5.02. The van der Waals surface area contributed by atoms with E-state index in [0.29, 0.717) is 6.54 Å². The second-order valence-corrected chi connectivity index (χ2v) is 7.16. The van der Waals surface area contributed by atoms with Crippen molar-refractivity contribution in [2.75, 3.05) is 13.1 Å². The highest BCUT2D eigenvalue weighted by atomic mass is 35.5. The van der Waals surface area contributed by atoms with E-state index < -0.39 is 10.0 Å². The molecule has 0 radical (unpaired) electrons. The number of nitrogens with two attached hydrogens (primary N) is 1. The number of aryl methyl sites for hydroxylation is 1. The third kappa shape index (κ3) is 4.42. The van der Waals surface area contributed by atoms with E-state index in [1.165, 1.54) is 17.1 Å². The van der Waals surface area contributed by atoms with E-state index in [1.54, 1.807) is 7.05 Å². The number of carbonyl (C=O) groups is 1. The van der Waals surface area contributed by atoms with Crippen LogP contribution in [0.15, 0.2) is 17.6 Å². The Morgan fingerprint density at radius 1 is 1.45 bits per heavy atom. The number of sulfonamides is 1. The molecule has 1 aromatic heterocycles. The predicted octanol–water partition coefficient (Wildman–Crippen LogP) is -0.492. The highest BCUT2D eigenvalue weighted by molar-refractivity contribution is 7.89. The van der Waals surface area contributed by atoms with Crippen LogP contribution in [0.2, 0.25) is 0 Å². The fourth-order valence-electron chi connectivity index (χ4n) is 2.53. The molecule has 1 saturated carbocycles. The Hall–Kier alpha value is -1.16. The molecule has 0 atom stereocenters. The van der Waals surface area contributed by atoms with Crippen molar-refractivity contribution in [3.8, 4) is 0 Å². The molecule has 1 aliphatic rings. The molecule has 1 heterocycles. The molecule has 2 rings (SSSR count). The molecule has 1 aromatic rings. The number of aromatic nitrogens is 2. The van der Waals surface area contributed by atoms with E-state index in [9.17, 15) is 13.2 Å². The highest BCUT2D eigenvalue weighted by Crippen LogP contribution is 2.28. The molecular weight excluding hydrogens is 330 g/mol. The number of hydrogen-bond acceptors (Lipinski definition) is 5. The number of hydrogen-bond donors (Lipinski definition) is 3. The number of nitrogens with zero attached hydrogens (tertiary/aromatic N) is 2. The zero-order valence-corrected chi connectivity index (χ0v) is 14.0. The van der Waals surface area contributed by atoms with E-state index >= 15 is 0 Å². The second-order valence-electron chi connectivity index (χ2n) is 5.44. The normalized spacial score (nSPS) is 17.0. The minimum atomic E-state index is -3.77. The van der Waals surface area contributed by atoms with Gasteiger partial charge in [-0.1, -0.05) is 12.8 Å². The van der Waals surface area contributed by atoms with Gasteiger partial charge in [-0.3, -0.25) is 4.79 Å². The van der Waals surface area contributed by atoms with Crippen LogP contribution in [0.3, 0.4) is 0 Å². The zero-order chi connectivity index (χ0) is 15.5. The Balaban J connectivity index is 0.00000242. The van der Waals surface area contributed by atoms with Crippen molar-refractivity contribution in [1.29, 1.82) is 0 Å². The Kier molecular flexibility index (Phi) is 6.36. The first-order valence-corrected chi connectivity index (χ1v) is 8.34. The van der Waals surface area contributed by atoms with E-state index in [2.05, 4.69) is 15.0 Å². The van der Waals surface area contributed by atoms with Crippen molar-refractivity contribution in [2.24, 2.45) is 12.8 Å². The second kappa shape index (κ2) is 7.40. The van der Waals surface area contributed by atoms with Crippen LogP contribution in [0.4, 0.5) is 0 Å². The number of nitrogens with one attached hydrogen (secondary N) is 2. The summed E-state index contributed by atoms with van der Waals surface area (Å²) < 4.78 is 27.7. The highest BCUT2D eigenvalue weighted by Gasteiger charge is 2.34. The lowest BCUT2D eigenvalue weighted by Crippen LogP contribution is -2.54. The SMILES string of the molecule is Cl.Cn1cnc(S(=O)(=O)NCC(=O)NC2(CN)CCCC2)c1. The summed E-state index contributed by atoms with van der Waals surface area (Å²) in [5, 5.41) is 2.75. The van der Waals surface area contributed by atoms with Crippen molar-refractivity contribution in [1.82, 2.24) is 19.6 Å². The third-order valence-electron chi connectivity index (χ3n) is 3.74. The van der Waals surface area contributed by atoms with Gasteiger partial charge in [0.2, 0.25) is 5.91 Å². The summed E-state index contributed by atoms with van der Waals surface area (Å²) in [6.07, 6.45) is 6.48. The van der Waals surface area contributed by atoms with Crippen LogP contribution in [-0.4, -0.2) is 42.5 Å². The van der Waals surface area contributed by atoms with Gasteiger partial charge in [0.1, 0.15) is 0 Å². The first-order chi connectivity index (χ1) is 9.87. The molecule has 0 unspecified atom stereocenters. The first-order valence-electron chi connectivity index (χ1n) is 6.86. The van der Waals surface area contributed by atoms with Crippen molar-refractivity contribution >= 4 is 28.3 Å². The summed E-state index contributed by atoms with van der Waals surface area (Å²) >= 11 is 0. The predicted molar refractivity (Wildman–Crippen MR) is 84.0 cm³/mol. The zero-order valence-electron chi connectivity index (χ0n) is 12.4. The molecular formula is C12H22ClN5O3S. The molecule has 1 amide bonds. The number of carbonyl (C=O) groups excluding carboxylic acids is 1. The maximum absolute atomic E-state index is 11.9. The topological polar surface area (TPSA) is 119 Å². The minimum Gasteiger partial charge on any atom is -0.348 e.